The average Bonchev–Trinajstić information content (AvgIpc) is 3.44. The van der Waals surface area contributed by atoms with Crippen molar-refractivity contribution < 1.29 is 24.5 Å². The molecule has 0 aliphatic rings. The van der Waals surface area contributed by atoms with E-state index in [0.29, 0.717) is 25.9 Å². The van der Waals surface area contributed by atoms with Crippen LogP contribution in [0.5, 0.6) is 0 Å². The fourth-order valence-electron chi connectivity index (χ4n) is 11.3. The number of aliphatic hydroxyl groups excluding tert-OH is 2. The van der Waals surface area contributed by atoms with E-state index in [4.69, 9.17) is 4.74 Å². The van der Waals surface area contributed by atoms with Gasteiger partial charge in [-0.25, -0.2) is 0 Å². The molecule has 0 heterocycles. The third-order valence-electron chi connectivity index (χ3n) is 16.7. The molecule has 462 valence electrons. The van der Waals surface area contributed by atoms with Crippen molar-refractivity contribution in [2.45, 2.75) is 411 Å². The summed E-state index contributed by atoms with van der Waals surface area (Å²) in [5, 5.41) is 23.4. The number of carbonyl (C=O) groups is 2. The van der Waals surface area contributed by atoms with E-state index in [0.717, 1.165) is 44.9 Å². The summed E-state index contributed by atoms with van der Waals surface area (Å²) >= 11 is 0. The van der Waals surface area contributed by atoms with Gasteiger partial charge in [0.15, 0.2) is 0 Å². The Morgan fingerprint density at radius 3 is 0.923 bits per heavy atom. The molecule has 6 heteroatoms. The van der Waals surface area contributed by atoms with Crippen molar-refractivity contribution in [3.63, 3.8) is 0 Å². The molecule has 0 saturated carbocycles. The van der Waals surface area contributed by atoms with Crippen LogP contribution in [0.1, 0.15) is 399 Å². The Labute approximate surface area is 488 Å². The van der Waals surface area contributed by atoms with Gasteiger partial charge in [0.1, 0.15) is 0 Å². The van der Waals surface area contributed by atoms with E-state index in [1.54, 1.807) is 0 Å². The third-order valence-corrected chi connectivity index (χ3v) is 16.7. The van der Waals surface area contributed by atoms with Crippen LogP contribution in [0.3, 0.4) is 0 Å². The molecule has 0 saturated heterocycles. The fourth-order valence-corrected chi connectivity index (χ4v) is 11.3. The van der Waals surface area contributed by atoms with E-state index < -0.39 is 12.1 Å². The number of aliphatic hydroxyl groups is 2. The standard InChI is InChI=1S/C72H139NO5/c1-3-5-7-9-11-13-15-17-18-19-20-21-28-31-34-37-41-44-48-52-56-60-64-70(75)69(68-74)73-71(76)65-61-57-53-49-45-42-38-35-32-29-26-24-22-23-25-27-30-33-36-39-43-47-51-55-59-63-67-78-72(77)66-62-58-54-50-46-40-16-14-12-10-8-6-4-2/h14,16,22,24,69-70,74-75H,3-13,15,17-21,23,25-68H2,1-2H3,(H,73,76)/b16-14-,24-22-. The molecule has 78 heavy (non-hydrogen) atoms. The normalized spacial score (nSPS) is 12.6. The van der Waals surface area contributed by atoms with Crippen molar-refractivity contribution in [3.8, 4) is 0 Å². The molecule has 0 aliphatic carbocycles. The van der Waals surface area contributed by atoms with E-state index in [1.807, 2.05) is 0 Å². The Kier molecular flexibility index (Phi) is 66.4. The minimum absolute atomic E-state index is 0.00582. The van der Waals surface area contributed by atoms with Crippen LogP contribution in [0, 0.1) is 0 Å². The predicted molar refractivity (Wildman–Crippen MR) is 343 cm³/mol. The Morgan fingerprint density at radius 1 is 0.346 bits per heavy atom. The summed E-state index contributed by atoms with van der Waals surface area (Å²) in [4.78, 5) is 24.6. The van der Waals surface area contributed by atoms with Gasteiger partial charge in [-0.05, 0) is 77.0 Å². The molecule has 0 bridgehead atoms. The van der Waals surface area contributed by atoms with Gasteiger partial charge in [0.05, 0.1) is 25.4 Å². The minimum atomic E-state index is -0.667. The second kappa shape index (κ2) is 67.8. The number of amides is 1. The van der Waals surface area contributed by atoms with Crippen molar-refractivity contribution in [2.75, 3.05) is 13.2 Å². The minimum Gasteiger partial charge on any atom is -0.466 e. The molecule has 0 aromatic carbocycles. The zero-order chi connectivity index (χ0) is 56.4. The van der Waals surface area contributed by atoms with Crippen molar-refractivity contribution in [2.24, 2.45) is 0 Å². The fraction of sp³-hybridized carbons (Fsp3) is 0.917. The summed E-state index contributed by atoms with van der Waals surface area (Å²) < 4.78 is 5.48. The molecule has 6 nitrogen and oxygen atoms in total. The SMILES string of the molecule is CCCCCC/C=C\CCCCCCCC(=O)OCCCCCCCCCCCCCC/C=C\CCCCCCCCCCCCC(=O)NC(CO)C(O)CCCCCCCCCCCCCCCCCCCCCCCC. The maximum Gasteiger partial charge on any atom is 0.305 e. The van der Waals surface area contributed by atoms with Crippen LogP contribution in [0.25, 0.3) is 0 Å². The first kappa shape index (κ1) is 76.3. The number of nitrogens with one attached hydrogen (secondary N) is 1. The average molecular weight is 1100 g/mol. The van der Waals surface area contributed by atoms with Crippen molar-refractivity contribution in [3.05, 3.63) is 24.3 Å². The first-order valence-electron chi connectivity index (χ1n) is 35.6. The number of hydrogen-bond donors (Lipinski definition) is 3. The van der Waals surface area contributed by atoms with Gasteiger partial charge in [0, 0.05) is 12.8 Å². The van der Waals surface area contributed by atoms with Gasteiger partial charge in [-0.3, -0.25) is 9.59 Å². The topological polar surface area (TPSA) is 95.9 Å². The van der Waals surface area contributed by atoms with Crippen molar-refractivity contribution in [1.82, 2.24) is 5.32 Å². The number of allylic oxidation sites excluding steroid dienone is 4. The summed E-state index contributed by atoms with van der Waals surface area (Å²) in [5.41, 5.74) is 0. The van der Waals surface area contributed by atoms with Crippen molar-refractivity contribution in [1.29, 1.82) is 0 Å². The molecule has 2 atom stereocenters. The lowest BCUT2D eigenvalue weighted by Crippen LogP contribution is -2.45. The van der Waals surface area contributed by atoms with Crippen LogP contribution >= 0.6 is 0 Å². The van der Waals surface area contributed by atoms with Gasteiger partial charge in [0.2, 0.25) is 5.91 Å². The second-order valence-electron chi connectivity index (χ2n) is 24.6. The molecule has 3 N–H and O–H groups in total. The lowest BCUT2D eigenvalue weighted by atomic mass is 10.0. The smallest absolute Gasteiger partial charge is 0.305 e. The molecule has 2 unspecified atom stereocenters. The number of rotatable bonds is 67. The maximum absolute atomic E-state index is 12.5. The molecule has 0 fully saturated rings. The molecule has 0 aliphatic heterocycles. The predicted octanol–water partition coefficient (Wildman–Crippen LogP) is 22.9. The zero-order valence-corrected chi connectivity index (χ0v) is 52.9. The largest absolute Gasteiger partial charge is 0.466 e. The van der Waals surface area contributed by atoms with Gasteiger partial charge in [0.25, 0.3) is 0 Å². The van der Waals surface area contributed by atoms with Gasteiger partial charge >= 0.3 is 5.97 Å². The zero-order valence-electron chi connectivity index (χ0n) is 52.9. The highest BCUT2D eigenvalue weighted by Crippen LogP contribution is 2.19. The van der Waals surface area contributed by atoms with Crippen LogP contribution < -0.4 is 5.32 Å². The quantitative estimate of drug-likeness (QED) is 0.0320. The molecule has 0 rings (SSSR count). The first-order valence-corrected chi connectivity index (χ1v) is 35.6. The number of ether oxygens (including phenoxy) is 1. The number of hydrogen-bond acceptors (Lipinski definition) is 5. The van der Waals surface area contributed by atoms with E-state index in [9.17, 15) is 19.8 Å². The third kappa shape index (κ3) is 63.5. The Bertz CT molecular complexity index is 1220. The number of esters is 1. The second-order valence-corrected chi connectivity index (χ2v) is 24.6. The van der Waals surface area contributed by atoms with E-state index >= 15 is 0 Å². The van der Waals surface area contributed by atoms with Crippen molar-refractivity contribution >= 4 is 11.9 Å². The summed E-state index contributed by atoms with van der Waals surface area (Å²) in [7, 11) is 0. The van der Waals surface area contributed by atoms with Gasteiger partial charge in [-0.2, -0.15) is 0 Å². The van der Waals surface area contributed by atoms with Crippen LogP contribution in [0.2, 0.25) is 0 Å². The van der Waals surface area contributed by atoms with Gasteiger partial charge < -0.3 is 20.3 Å². The van der Waals surface area contributed by atoms with E-state index in [2.05, 4.69) is 43.5 Å². The van der Waals surface area contributed by atoms with Crippen LogP contribution in [-0.2, 0) is 14.3 Å². The molecule has 0 aromatic rings. The van der Waals surface area contributed by atoms with E-state index in [1.165, 1.54) is 321 Å². The summed E-state index contributed by atoms with van der Waals surface area (Å²) in [6.45, 7) is 4.97. The molecular weight excluding hydrogens is 959 g/mol. The number of carbonyl (C=O) groups excluding carboxylic acids is 2. The molecule has 0 aromatic heterocycles. The van der Waals surface area contributed by atoms with Gasteiger partial charge in [-0.1, -0.05) is 334 Å². The van der Waals surface area contributed by atoms with E-state index in [-0.39, 0.29) is 18.5 Å². The lowest BCUT2D eigenvalue weighted by Gasteiger charge is -2.22. The molecule has 1 amide bonds. The molecule has 0 spiro atoms. The maximum atomic E-state index is 12.5. The van der Waals surface area contributed by atoms with Crippen LogP contribution in [0.15, 0.2) is 24.3 Å². The highest BCUT2D eigenvalue weighted by atomic mass is 16.5. The highest BCUT2D eigenvalue weighted by molar-refractivity contribution is 5.76. The lowest BCUT2D eigenvalue weighted by molar-refractivity contribution is -0.143. The monoisotopic (exact) mass is 1100 g/mol. The summed E-state index contributed by atoms with van der Waals surface area (Å²) in [6.07, 6.45) is 85.1. The molecule has 0 radical (unpaired) electrons. The Morgan fingerprint density at radius 2 is 0.603 bits per heavy atom. The van der Waals surface area contributed by atoms with Gasteiger partial charge in [-0.15, -0.1) is 0 Å². The molecular formula is C72H139NO5. The summed E-state index contributed by atoms with van der Waals surface area (Å²) in [5.74, 6) is -0.0265. The highest BCUT2D eigenvalue weighted by Gasteiger charge is 2.20. The van der Waals surface area contributed by atoms with Crippen LogP contribution in [-0.4, -0.2) is 47.4 Å². The Hall–Kier alpha value is -1.66. The number of unbranched alkanes of at least 4 members (excludes halogenated alkanes) is 52. The van der Waals surface area contributed by atoms with Crippen LogP contribution in [0.4, 0.5) is 0 Å². The Balaban J connectivity index is 3.39. The summed E-state index contributed by atoms with van der Waals surface area (Å²) in [6, 6.07) is -0.544. The first-order chi connectivity index (χ1) is 38.5.